The Morgan fingerprint density at radius 2 is 2.22 bits per heavy atom. The van der Waals surface area contributed by atoms with Gasteiger partial charge in [-0.1, -0.05) is 19.1 Å². The lowest BCUT2D eigenvalue weighted by atomic mass is 10.1. The van der Waals surface area contributed by atoms with Crippen molar-refractivity contribution >= 4 is 11.6 Å². The molecule has 4 heteroatoms. The third-order valence-corrected chi connectivity index (χ3v) is 2.90. The van der Waals surface area contributed by atoms with E-state index in [1.165, 1.54) is 0 Å². The van der Waals surface area contributed by atoms with Crippen LogP contribution in [0.2, 0.25) is 0 Å². The van der Waals surface area contributed by atoms with Crippen molar-refractivity contribution in [2.24, 2.45) is 5.73 Å². The lowest BCUT2D eigenvalue weighted by Gasteiger charge is -2.27. The fourth-order valence-electron chi connectivity index (χ4n) is 1.78. The van der Waals surface area contributed by atoms with Gasteiger partial charge < -0.3 is 15.7 Å². The predicted octanol–water partition coefficient (Wildman–Crippen LogP) is 1.45. The first kappa shape index (κ1) is 14.5. The van der Waals surface area contributed by atoms with Crippen molar-refractivity contribution in [1.29, 1.82) is 0 Å². The number of amides is 1. The normalized spacial score (nSPS) is 12.2. The maximum absolute atomic E-state index is 10.9. The van der Waals surface area contributed by atoms with Crippen molar-refractivity contribution in [2.75, 3.05) is 18.0 Å². The van der Waals surface area contributed by atoms with E-state index in [0.29, 0.717) is 25.9 Å². The number of anilines is 1. The number of aryl methyl sites for hydroxylation is 1. The Morgan fingerprint density at radius 3 is 2.78 bits per heavy atom. The molecule has 1 atom stereocenters. The van der Waals surface area contributed by atoms with Gasteiger partial charge in [0.1, 0.15) is 0 Å². The average molecular weight is 250 g/mol. The number of carbonyl (C=O) groups is 1. The molecule has 1 aromatic rings. The molecule has 0 aromatic heterocycles. The number of rotatable bonds is 7. The Morgan fingerprint density at radius 1 is 1.50 bits per heavy atom. The zero-order valence-corrected chi connectivity index (χ0v) is 11.1. The van der Waals surface area contributed by atoms with Crippen molar-refractivity contribution in [3.05, 3.63) is 29.8 Å². The number of hydrogen-bond acceptors (Lipinski definition) is 3. The van der Waals surface area contributed by atoms with Crippen LogP contribution in [0, 0.1) is 6.92 Å². The molecule has 100 valence electrons. The van der Waals surface area contributed by atoms with Gasteiger partial charge in [-0.15, -0.1) is 0 Å². The van der Waals surface area contributed by atoms with Crippen LogP contribution in [0.25, 0.3) is 0 Å². The Bertz CT molecular complexity index is 393. The standard InChI is InChI=1S/C14H22N2O2/c1-3-13(17)10-16(8-7-14(15)18)12-6-4-5-11(2)9-12/h4-6,9,13,17H,3,7-8,10H2,1-2H3,(H2,15,18)/t13-/m1/s1. The smallest absolute Gasteiger partial charge is 0.219 e. The maximum atomic E-state index is 10.9. The van der Waals surface area contributed by atoms with E-state index in [2.05, 4.69) is 0 Å². The molecular weight excluding hydrogens is 228 g/mol. The molecule has 0 aliphatic carbocycles. The Balaban J connectivity index is 2.78. The molecule has 0 saturated heterocycles. The highest BCUT2D eigenvalue weighted by Gasteiger charge is 2.12. The van der Waals surface area contributed by atoms with Crippen LogP contribution in [0.4, 0.5) is 5.69 Å². The number of aliphatic hydroxyl groups is 1. The second-order valence-corrected chi connectivity index (χ2v) is 4.56. The van der Waals surface area contributed by atoms with E-state index in [0.717, 1.165) is 11.3 Å². The van der Waals surface area contributed by atoms with Gasteiger partial charge in [0.25, 0.3) is 0 Å². The second-order valence-electron chi connectivity index (χ2n) is 4.56. The number of aliphatic hydroxyl groups excluding tert-OH is 1. The summed E-state index contributed by atoms with van der Waals surface area (Å²) >= 11 is 0. The van der Waals surface area contributed by atoms with Crippen LogP contribution in [0.1, 0.15) is 25.3 Å². The molecule has 0 spiro atoms. The molecule has 18 heavy (non-hydrogen) atoms. The van der Waals surface area contributed by atoms with E-state index >= 15 is 0 Å². The summed E-state index contributed by atoms with van der Waals surface area (Å²) in [5.41, 5.74) is 7.36. The van der Waals surface area contributed by atoms with Gasteiger partial charge in [0.2, 0.25) is 5.91 Å². The number of primary amides is 1. The van der Waals surface area contributed by atoms with Crippen molar-refractivity contribution < 1.29 is 9.90 Å². The fraction of sp³-hybridized carbons (Fsp3) is 0.500. The maximum Gasteiger partial charge on any atom is 0.219 e. The summed E-state index contributed by atoms with van der Waals surface area (Å²) in [6.07, 6.45) is 0.599. The number of benzene rings is 1. The van der Waals surface area contributed by atoms with Crippen molar-refractivity contribution in [3.8, 4) is 0 Å². The molecule has 0 aliphatic rings. The number of hydrogen-bond donors (Lipinski definition) is 2. The summed E-state index contributed by atoms with van der Waals surface area (Å²) in [5.74, 6) is -0.321. The van der Waals surface area contributed by atoms with Crippen molar-refractivity contribution in [2.45, 2.75) is 32.8 Å². The van der Waals surface area contributed by atoms with Gasteiger partial charge in [-0.2, -0.15) is 0 Å². The highest BCUT2D eigenvalue weighted by atomic mass is 16.3. The molecule has 3 N–H and O–H groups in total. The molecule has 0 unspecified atom stereocenters. The van der Waals surface area contributed by atoms with Gasteiger partial charge in [0.05, 0.1) is 6.10 Å². The van der Waals surface area contributed by atoms with Gasteiger partial charge in [-0.25, -0.2) is 0 Å². The van der Waals surface area contributed by atoms with E-state index in [1.807, 2.05) is 43.0 Å². The Kier molecular flexibility index (Phi) is 5.65. The van der Waals surface area contributed by atoms with Crippen LogP contribution in [0.3, 0.4) is 0 Å². The molecule has 1 rings (SSSR count). The molecule has 0 aliphatic heterocycles. The van der Waals surface area contributed by atoms with Crippen molar-refractivity contribution in [3.63, 3.8) is 0 Å². The largest absolute Gasteiger partial charge is 0.391 e. The van der Waals surface area contributed by atoms with Crippen LogP contribution in [0.15, 0.2) is 24.3 Å². The topological polar surface area (TPSA) is 66.6 Å². The van der Waals surface area contributed by atoms with E-state index in [1.54, 1.807) is 0 Å². The van der Waals surface area contributed by atoms with Crippen LogP contribution in [-0.2, 0) is 4.79 Å². The molecule has 0 bridgehead atoms. The second kappa shape index (κ2) is 7.01. The molecule has 1 amide bonds. The minimum absolute atomic E-state index is 0.296. The highest BCUT2D eigenvalue weighted by molar-refractivity contribution is 5.74. The third kappa shape index (κ3) is 4.75. The van der Waals surface area contributed by atoms with Crippen LogP contribution in [0.5, 0.6) is 0 Å². The first-order valence-corrected chi connectivity index (χ1v) is 6.31. The first-order chi connectivity index (χ1) is 8.52. The van der Waals surface area contributed by atoms with Gasteiger partial charge in [0, 0.05) is 25.2 Å². The molecule has 0 fully saturated rings. The average Bonchev–Trinajstić information content (AvgIpc) is 2.33. The summed E-state index contributed by atoms with van der Waals surface area (Å²) in [5, 5.41) is 9.77. The van der Waals surface area contributed by atoms with E-state index in [9.17, 15) is 9.90 Å². The monoisotopic (exact) mass is 250 g/mol. The summed E-state index contributed by atoms with van der Waals surface area (Å²) in [6.45, 7) is 5.02. The van der Waals surface area contributed by atoms with E-state index in [-0.39, 0.29) is 5.91 Å². The van der Waals surface area contributed by atoms with Crippen LogP contribution in [-0.4, -0.2) is 30.2 Å². The SMILES string of the molecule is CC[C@@H](O)CN(CCC(N)=O)c1cccc(C)c1. The van der Waals surface area contributed by atoms with E-state index in [4.69, 9.17) is 5.73 Å². The summed E-state index contributed by atoms with van der Waals surface area (Å²) < 4.78 is 0. The summed E-state index contributed by atoms with van der Waals surface area (Å²) in [7, 11) is 0. The quantitative estimate of drug-likeness (QED) is 0.769. The molecule has 0 heterocycles. The zero-order chi connectivity index (χ0) is 13.5. The highest BCUT2D eigenvalue weighted by Crippen LogP contribution is 2.17. The first-order valence-electron chi connectivity index (χ1n) is 6.31. The summed E-state index contributed by atoms with van der Waals surface area (Å²) in [6, 6.07) is 8.02. The Labute approximate surface area is 108 Å². The predicted molar refractivity (Wildman–Crippen MR) is 73.5 cm³/mol. The molecule has 0 saturated carbocycles. The van der Waals surface area contributed by atoms with E-state index < -0.39 is 6.10 Å². The van der Waals surface area contributed by atoms with Crippen molar-refractivity contribution in [1.82, 2.24) is 0 Å². The lowest BCUT2D eigenvalue weighted by molar-refractivity contribution is -0.117. The Hall–Kier alpha value is -1.55. The molecular formula is C14H22N2O2. The third-order valence-electron chi connectivity index (χ3n) is 2.90. The molecule has 4 nitrogen and oxygen atoms in total. The minimum atomic E-state index is -0.390. The van der Waals surface area contributed by atoms with Gasteiger partial charge in [-0.05, 0) is 31.0 Å². The molecule has 1 aromatic carbocycles. The van der Waals surface area contributed by atoms with Gasteiger partial charge in [-0.3, -0.25) is 4.79 Å². The zero-order valence-electron chi connectivity index (χ0n) is 11.1. The number of nitrogens with zero attached hydrogens (tertiary/aromatic N) is 1. The lowest BCUT2D eigenvalue weighted by Crippen LogP contribution is -2.34. The summed E-state index contributed by atoms with van der Waals surface area (Å²) in [4.78, 5) is 12.9. The van der Waals surface area contributed by atoms with Gasteiger partial charge in [0.15, 0.2) is 0 Å². The van der Waals surface area contributed by atoms with Crippen LogP contribution < -0.4 is 10.6 Å². The fourth-order valence-corrected chi connectivity index (χ4v) is 1.78. The minimum Gasteiger partial charge on any atom is -0.391 e. The number of nitrogens with two attached hydrogens (primary N) is 1. The number of carbonyl (C=O) groups excluding carboxylic acids is 1. The van der Waals surface area contributed by atoms with Gasteiger partial charge >= 0.3 is 0 Å². The molecule has 0 radical (unpaired) electrons. The van der Waals surface area contributed by atoms with Crippen LogP contribution >= 0.6 is 0 Å².